The summed E-state index contributed by atoms with van der Waals surface area (Å²) < 4.78 is 2.14. The van der Waals surface area contributed by atoms with Crippen LogP contribution in [0.1, 0.15) is 16.8 Å². The summed E-state index contributed by atoms with van der Waals surface area (Å²) in [6.45, 7) is 3.95. The van der Waals surface area contributed by atoms with Gasteiger partial charge in [0.05, 0.1) is 0 Å². The molecule has 2 aromatic rings. The van der Waals surface area contributed by atoms with Crippen LogP contribution in [-0.2, 0) is 20.1 Å². The Labute approximate surface area is 109 Å². The van der Waals surface area contributed by atoms with E-state index in [2.05, 4.69) is 66.5 Å². The lowest BCUT2D eigenvalue weighted by atomic mass is 10.1. The highest BCUT2D eigenvalue weighted by Gasteiger charge is 1.96. The van der Waals surface area contributed by atoms with Crippen molar-refractivity contribution in [2.24, 2.45) is 7.05 Å². The molecule has 0 spiro atoms. The molecule has 92 valence electrons. The summed E-state index contributed by atoms with van der Waals surface area (Å²) in [4.78, 5) is 0. The highest BCUT2D eigenvalue weighted by molar-refractivity contribution is 5.85. The summed E-state index contributed by atoms with van der Waals surface area (Å²) in [5.41, 5.74) is 3.96. The lowest BCUT2D eigenvalue weighted by molar-refractivity contribution is 0.655. The lowest BCUT2D eigenvalue weighted by Crippen LogP contribution is -2.14. The number of halogens is 1. The maximum absolute atomic E-state index is 3.44. The molecule has 0 aliphatic carbocycles. The Balaban J connectivity index is 0.00000144. The highest BCUT2D eigenvalue weighted by atomic mass is 35.5. The number of hydrogen-bond acceptors (Lipinski definition) is 1. The van der Waals surface area contributed by atoms with Gasteiger partial charge in [-0.3, -0.25) is 0 Å². The first-order chi connectivity index (χ1) is 7.75. The predicted octanol–water partition coefficient (Wildman–Crippen LogP) is 3.05. The molecular formula is C14H19ClN2. The highest BCUT2D eigenvalue weighted by Crippen LogP contribution is 2.04. The third kappa shape index (κ3) is 3.91. The molecule has 17 heavy (non-hydrogen) atoms. The second kappa shape index (κ2) is 6.48. The average molecular weight is 251 g/mol. The quantitative estimate of drug-likeness (QED) is 0.883. The van der Waals surface area contributed by atoms with Gasteiger partial charge in [0.25, 0.3) is 0 Å². The maximum Gasteiger partial charge on any atom is 0.0362 e. The minimum atomic E-state index is 0. The van der Waals surface area contributed by atoms with Gasteiger partial charge < -0.3 is 9.88 Å². The van der Waals surface area contributed by atoms with Crippen LogP contribution in [0.25, 0.3) is 0 Å². The van der Waals surface area contributed by atoms with Crippen molar-refractivity contribution in [3.63, 3.8) is 0 Å². The van der Waals surface area contributed by atoms with E-state index in [1.54, 1.807) is 0 Å². The zero-order valence-electron chi connectivity index (χ0n) is 10.3. The molecule has 1 heterocycles. The molecule has 0 aliphatic heterocycles. The van der Waals surface area contributed by atoms with Gasteiger partial charge in [0.2, 0.25) is 0 Å². The van der Waals surface area contributed by atoms with Crippen LogP contribution in [0.15, 0.2) is 42.6 Å². The fourth-order valence-electron chi connectivity index (χ4n) is 1.72. The summed E-state index contributed by atoms with van der Waals surface area (Å²) in [6, 6.07) is 12.9. The number of rotatable bonds is 4. The van der Waals surface area contributed by atoms with Gasteiger partial charge in [-0.2, -0.15) is 0 Å². The van der Waals surface area contributed by atoms with Crippen molar-refractivity contribution in [1.29, 1.82) is 0 Å². The Kier molecular flexibility index (Phi) is 5.26. The summed E-state index contributed by atoms with van der Waals surface area (Å²) in [7, 11) is 2.07. The van der Waals surface area contributed by atoms with Crippen molar-refractivity contribution >= 4 is 12.4 Å². The molecule has 1 N–H and O–H groups in total. The van der Waals surface area contributed by atoms with E-state index in [-0.39, 0.29) is 12.4 Å². The molecule has 1 aromatic carbocycles. The van der Waals surface area contributed by atoms with Crippen LogP contribution < -0.4 is 5.32 Å². The second-order valence-corrected chi connectivity index (χ2v) is 4.20. The van der Waals surface area contributed by atoms with Gasteiger partial charge in [0.1, 0.15) is 0 Å². The van der Waals surface area contributed by atoms with Crippen molar-refractivity contribution in [3.05, 3.63) is 59.4 Å². The molecule has 0 unspecified atom stereocenters. The van der Waals surface area contributed by atoms with Crippen molar-refractivity contribution in [1.82, 2.24) is 9.88 Å². The van der Waals surface area contributed by atoms with Gasteiger partial charge in [-0.25, -0.2) is 0 Å². The average Bonchev–Trinajstić information content (AvgIpc) is 2.68. The molecule has 0 saturated heterocycles. The molecule has 0 aliphatic rings. The Morgan fingerprint density at radius 3 is 2.35 bits per heavy atom. The lowest BCUT2D eigenvalue weighted by Gasteiger charge is -2.06. The van der Waals surface area contributed by atoms with Gasteiger partial charge >= 0.3 is 0 Å². The molecule has 0 fully saturated rings. The summed E-state index contributed by atoms with van der Waals surface area (Å²) in [5.74, 6) is 0. The van der Waals surface area contributed by atoms with E-state index in [0.29, 0.717) is 0 Å². The number of nitrogens with zero attached hydrogens (tertiary/aromatic N) is 1. The van der Waals surface area contributed by atoms with E-state index in [4.69, 9.17) is 0 Å². The molecule has 3 heteroatoms. The van der Waals surface area contributed by atoms with Gasteiger partial charge in [-0.15, -0.1) is 12.4 Å². The molecule has 2 nitrogen and oxygen atoms in total. The van der Waals surface area contributed by atoms with Gasteiger partial charge in [-0.1, -0.05) is 29.8 Å². The standard InChI is InChI=1S/C14H18N2.ClH/c1-12-5-7-13(8-6-12)10-15-11-14-4-3-9-16(14)2;/h3-9,15H,10-11H2,1-2H3;1H. The predicted molar refractivity (Wildman–Crippen MR) is 74.4 cm³/mol. The maximum atomic E-state index is 3.44. The first-order valence-electron chi connectivity index (χ1n) is 5.62. The Morgan fingerprint density at radius 1 is 1.06 bits per heavy atom. The van der Waals surface area contributed by atoms with Crippen molar-refractivity contribution in [2.75, 3.05) is 0 Å². The zero-order chi connectivity index (χ0) is 11.4. The van der Waals surface area contributed by atoms with Crippen molar-refractivity contribution in [2.45, 2.75) is 20.0 Å². The van der Waals surface area contributed by atoms with Crippen LogP contribution in [0.3, 0.4) is 0 Å². The SMILES string of the molecule is Cc1ccc(CNCc2cccn2C)cc1.Cl. The summed E-state index contributed by atoms with van der Waals surface area (Å²) >= 11 is 0. The first kappa shape index (κ1) is 13.8. The van der Waals surface area contributed by atoms with Gasteiger partial charge in [-0.05, 0) is 24.6 Å². The number of aryl methyl sites for hydroxylation is 2. The zero-order valence-corrected chi connectivity index (χ0v) is 11.1. The van der Waals surface area contributed by atoms with Crippen LogP contribution in [0.2, 0.25) is 0 Å². The van der Waals surface area contributed by atoms with Crippen LogP contribution in [0, 0.1) is 6.92 Å². The fraction of sp³-hybridized carbons (Fsp3) is 0.286. The van der Waals surface area contributed by atoms with Crippen LogP contribution in [0.4, 0.5) is 0 Å². The minimum Gasteiger partial charge on any atom is -0.353 e. The van der Waals surface area contributed by atoms with Crippen LogP contribution in [0.5, 0.6) is 0 Å². The van der Waals surface area contributed by atoms with Gasteiger partial charge in [0.15, 0.2) is 0 Å². The molecule has 1 aromatic heterocycles. The third-order valence-corrected chi connectivity index (χ3v) is 2.81. The molecule has 0 saturated carbocycles. The van der Waals surface area contributed by atoms with E-state index in [1.807, 2.05) is 0 Å². The van der Waals surface area contributed by atoms with Crippen molar-refractivity contribution < 1.29 is 0 Å². The Hall–Kier alpha value is -1.25. The number of benzene rings is 1. The number of aromatic nitrogens is 1. The second-order valence-electron chi connectivity index (χ2n) is 4.20. The first-order valence-corrected chi connectivity index (χ1v) is 5.62. The van der Waals surface area contributed by atoms with Gasteiger partial charge in [0, 0.05) is 32.0 Å². The smallest absolute Gasteiger partial charge is 0.0362 e. The molecule has 0 bridgehead atoms. The number of hydrogen-bond donors (Lipinski definition) is 1. The third-order valence-electron chi connectivity index (χ3n) is 2.81. The van der Waals surface area contributed by atoms with E-state index < -0.39 is 0 Å². The monoisotopic (exact) mass is 250 g/mol. The van der Waals surface area contributed by atoms with Crippen LogP contribution >= 0.6 is 12.4 Å². The largest absolute Gasteiger partial charge is 0.353 e. The summed E-state index contributed by atoms with van der Waals surface area (Å²) in [6.07, 6.45) is 2.07. The van der Waals surface area contributed by atoms with E-state index in [9.17, 15) is 0 Å². The molecule has 0 atom stereocenters. The minimum absolute atomic E-state index is 0. The molecular weight excluding hydrogens is 232 g/mol. The fourth-order valence-corrected chi connectivity index (χ4v) is 1.72. The Bertz CT molecular complexity index is 446. The molecule has 2 rings (SSSR count). The van der Waals surface area contributed by atoms with Crippen molar-refractivity contribution in [3.8, 4) is 0 Å². The van der Waals surface area contributed by atoms with E-state index in [1.165, 1.54) is 16.8 Å². The van der Waals surface area contributed by atoms with E-state index >= 15 is 0 Å². The Morgan fingerprint density at radius 2 is 1.76 bits per heavy atom. The normalized spacial score (nSPS) is 10.0. The summed E-state index contributed by atoms with van der Waals surface area (Å²) in [5, 5.41) is 3.44. The topological polar surface area (TPSA) is 17.0 Å². The number of nitrogens with one attached hydrogen (secondary N) is 1. The molecule has 0 radical (unpaired) electrons. The van der Waals surface area contributed by atoms with Crippen LogP contribution in [-0.4, -0.2) is 4.57 Å². The molecule has 0 amide bonds. The van der Waals surface area contributed by atoms with E-state index in [0.717, 1.165) is 13.1 Å².